The number of hydrogen-bond acceptors (Lipinski definition) is 9. The number of aliphatic hydroxyl groups is 1. The Morgan fingerprint density at radius 2 is 1.26 bits per heavy atom. The molecule has 0 radical (unpaired) electrons. The van der Waals surface area contributed by atoms with Crippen LogP contribution in [0.1, 0.15) is 62.4 Å². The molecule has 6 rings (SSSR count). The summed E-state index contributed by atoms with van der Waals surface area (Å²) in [6, 6.07) is 23.1. The summed E-state index contributed by atoms with van der Waals surface area (Å²) in [5, 5.41) is 56.5. The number of carbonyl (C=O) groups excluding carboxylic acids is 2. The molecule has 2 aliphatic carbocycles. The molecule has 0 bridgehead atoms. The number of aromatic hydroxyl groups is 2. The van der Waals surface area contributed by atoms with Crippen molar-refractivity contribution < 1.29 is 44.3 Å². The van der Waals surface area contributed by atoms with Crippen molar-refractivity contribution >= 4 is 36.7 Å². The van der Waals surface area contributed by atoms with Gasteiger partial charge in [0.1, 0.15) is 11.5 Å². The molecule has 0 saturated carbocycles. The van der Waals surface area contributed by atoms with Gasteiger partial charge in [-0.1, -0.05) is 84.9 Å². The maximum atomic E-state index is 13.6. The molecule has 2 aliphatic rings. The topological polar surface area (TPSA) is 154 Å². The summed E-state index contributed by atoms with van der Waals surface area (Å²) >= 11 is 0. The van der Waals surface area contributed by atoms with Gasteiger partial charge in [-0.2, -0.15) is 0 Å². The number of benzene rings is 4. The fourth-order valence-corrected chi connectivity index (χ4v) is 6.08. The maximum absolute atomic E-state index is 13.6. The highest BCUT2D eigenvalue weighted by molar-refractivity contribution is 6.60. The van der Waals surface area contributed by atoms with Crippen molar-refractivity contribution in [3.8, 4) is 11.5 Å². The molecule has 0 spiro atoms. The van der Waals surface area contributed by atoms with E-state index >= 15 is 0 Å². The monoisotopic (exact) mass is 578 g/mol. The fraction of sp³-hybridized carbons (Fsp3) is 0.188. The Balaban J connectivity index is 1.52. The Morgan fingerprint density at radius 1 is 0.767 bits per heavy atom. The molecule has 5 N–H and O–H groups in total. The van der Waals surface area contributed by atoms with Gasteiger partial charge in [-0.25, -0.2) is 0 Å². The van der Waals surface area contributed by atoms with Gasteiger partial charge in [0.15, 0.2) is 11.6 Å². The molecule has 11 heteroatoms. The summed E-state index contributed by atoms with van der Waals surface area (Å²) in [6.07, 6.45) is -2.99. The smallest absolute Gasteiger partial charge is 0.491 e. The lowest BCUT2D eigenvalue weighted by Gasteiger charge is -2.45. The van der Waals surface area contributed by atoms with E-state index in [-0.39, 0.29) is 46.2 Å². The molecule has 0 aromatic heterocycles. The van der Waals surface area contributed by atoms with E-state index in [1.165, 1.54) is 19.1 Å². The van der Waals surface area contributed by atoms with Gasteiger partial charge in [-0.3, -0.25) is 9.59 Å². The molecule has 0 amide bonds. The molecular formula is C32H28B2O9. The molecule has 4 aromatic rings. The summed E-state index contributed by atoms with van der Waals surface area (Å²) in [5.74, 6) is -2.43. The fourth-order valence-electron chi connectivity index (χ4n) is 6.08. The van der Waals surface area contributed by atoms with Crippen LogP contribution in [0, 0.1) is 0 Å². The highest BCUT2D eigenvalue weighted by atomic mass is 16.6. The van der Waals surface area contributed by atoms with Crippen molar-refractivity contribution in [2.45, 2.75) is 37.6 Å². The van der Waals surface area contributed by atoms with Gasteiger partial charge in [-0.05, 0) is 17.8 Å². The third-order valence-corrected chi connectivity index (χ3v) is 8.36. The van der Waals surface area contributed by atoms with E-state index in [4.69, 9.17) is 9.31 Å². The lowest BCUT2D eigenvalue weighted by atomic mass is 9.68. The van der Waals surface area contributed by atoms with Gasteiger partial charge >= 0.3 is 14.2 Å². The molecule has 0 heterocycles. The zero-order chi connectivity index (χ0) is 30.5. The summed E-state index contributed by atoms with van der Waals surface area (Å²) in [6.45, 7) is 1.45. The number of phenols is 2. The predicted octanol–water partition coefficient (Wildman–Crippen LogP) is 1.79. The quantitative estimate of drug-likeness (QED) is 0.144. The highest BCUT2D eigenvalue weighted by Crippen LogP contribution is 2.52. The van der Waals surface area contributed by atoms with E-state index in [0.29, 0.717) is 10.9 Å². The summed E-state index contributed by atoms with van der Waals surface area (Å²) in [5.41, 5.74) is -1.41. The molecule has 1 unspecified atom stereocenters. The average Bonchev–Trinajstić information content (AvgIpc) is 3.02. The lowest BCUT2D eigenvalue weighted by molar-refractivity contribution is -0.0880. The first kappa shape index (κ1) is 28.9. The Bertz CT molecular complexity index is 1710. The van der Waals surface area contributed by atoms with Crippen LogP contribution in [0.5, 0.6) is 11.5 Å². The minimum Gasteiger partial charge on any atom is -0.507 e. The van der Waals surface area contributed by atoms with Crippen LogP contribution in [0.15, 0.2) is 84.9 Å². The van der Waals surface area contributed by atoms with Gasteiger partial charge in [-0.15, -0.1) is 0 Å². The molecule has 9 nitrogen and oxygen atoms in total. The van der Waals surface area contributed by atoms with Crippen LogP contribution in [-0.2, 0) is 15.7 Å². The molecule has 0 saturated heterocycles. The van der Waals surface area contributed by atoms with Crippen LogP contribution in [0.4, 0.5) is 0 Å². The van der Waals surface area contributed by atoms with Gasteiger partial charge in [0.2, 0.25) is 0 Å². The first-order valence-electron chi connectivity index (χ1n) is 13.9. The van der Waals surface area contributed by atoms with Crippen molar-refractivity contribution in [3.63, 3.8) is 0 Å². The van der Waals surface area contributed by atoms with Crippen LogP contribution < -0.4 is 10.9 Å². The van der Waals surface area contributed by atoms with E-state index < -0.39 is 55.1 Å². The first-order chi connectivity index (χ1) is 20.6. The number of hydrogen-bond donors (Lipinski definition) is 5. The summed E-state index contributed by atoms with van der Waals surface area (Å²) in [4.78, 5) is 27.2. The zero-order valence-electron chi connectivity index (χ0n) is 23.2. The summed E-state index contributed by atoms with van der Waals surface area (Å²) in [7, 11) is -3.01. The second kappa shape index (κ2) is 11.1. The van der Waals surface area contributed by atoms with Crippen LogP contribution in [0.2, 0.25) is 0 Å². The van der Waals surface area contributed by atoms with Gasteiger partial charge < -0.3 is 34.7 Å². The van der Waals surface area contributed by atoms with Crippen molar-refractivity contribution in [1.82, 2.24) is 0 Å². The molecular weight excluding hydrogens is 550 g/mol. The minimum atomic E-state index is -1.62. The first-order valence-corrected chi connectivity index (χ1v) is 13.9. The molecule has 0 fully saturated rings. The Kier molecular flexibility index (Phi) is 7.45. The number of rotatable bonds is 7. The number of ketones is 2. The molecule has 43 heavy (non-hydrogen) atoms. The van der Waals surface area contributed by atoms with Crippen LogP contribution >= 0.6 is 0 Å². The predicted molar refractivity (Wildman–Crippen MR) is 159 cm³/mol. The second-order valence-corrected chi connectivity index (χ2v) is 10.9. The highest BCUT2D eigenvalue weighted by Gasteiger charge is 2.51. The average molecular weight is 578 g/mol. The van der Waals surface area contributed by atoms with E-state index in [0.717, 1.165) is 0 Å². The Hall–Kier alpha value is -4.25. The molecule has 0 aliphatic heterocycles. The van der Waals surface area contributed by atoms with Crippen molar-refractivity contribution in [2.75, 3.05) is 0 Å². The third-order valence-electron chi connectivity index (χ3n) is 8.36. The standard InChI is InChI=1S/C32H28B2O9/c1-18(35)32(43-34(41)20-12-6-3-7-13-20)16-23-25(24(17-32)42-33(40)19-10-4-2-5-11-19)31(39)27-26(30(23)38)28(36)21-14-8-9-15-22(21)29(27)37/h2-15,18,24,35,38-41H,16-17H2,1H3/t18?,24-,32-/m0/s1. The second-order valence-electron chi connectivity index (χ2n) is 10.9. The molecule has 3 atom stereocenters. The summed E-state index contributed by atoms with van der Waals surface area (Å²) < 4.78 is 12.2. The number of carbonyl (C=O) groups is 2. The minimum absolute atomic E-state index is 0.00513. The van der Waals surface area contributed by atoms with Gasteiger partial charge in [0.05, 0.1) is 28.9 Å². The van der Waals surface area contributed by atoms with Crippen molar-refractivity contribution in [3.05, 3.63) is 118 Å². The number of aliphatic hydroxyl groups excluding tert-OH is 1. The van der Waals surface area contributed by atoms with Crippen LogP contribution in [-0.4, -0.2) is 62.9 Å². The van der Waals surface area contributed by atoms with Crippen molar-refractivity contribution in [2.24, 2.45) is 0 Å². The molecule has 216 valence electrons. The lowest BCUT2D eigenvalue weighted by Crippen LogP contribution is -2.55. The van der Waals surface area contributed by atoms with Crippen molar-refractivity contribution in [1.29, 1.82) is 0 Å². The van der Waals surface area contributed by atoms with E-state index in [1.807, 2.05) is 0 Å². The SMILES string of the molecule is CC(O)[C@]1(OB(O)c2ccccc2)Cc2c(O)c3c(c(O)c2[C@@H](OB(O)c2ccccc2)C1)C(=O)c1ccccc1C3=O. The Morgan fingerprint density at radius 3 is 1.79 bits per heavy atom. The van der Waals surface area contributed by atoms with E-state index in [2.05, 4.69) is 0 Å². The van der Waals surface area contributed by atoms with E-state index in [9.17, 15) is 35.0 Å². The number of fused-ring (bicyclic) bond motifs is 3. The normalized spacial score (nSPS) is 19.7. The van der Waals surface area contributed by atoms with Gasteiger partial charge in [0.25, 0.3) is 0 Å². The zero-order valence-corrected chi connectivity index (χ0v) is 23.2. The van der Waals surface area contributed by atoms with E-state index in [1.54, 1.807) is 72.8 Å². The van der Waals surface area contributed by atoms with Gasteiger partial charge in [0, 0.05) is 35.1 Å². The van der Waals surface area contributed by atoms with Crippen LogP contribution in [0.3, 0.4) is 0 Å². The molecule has 4 aromatic carbocycles. The maximum Gasteiger partial charge on any atom is 0.491 e. The Labute approximate surface area is 248 Å². The van der Waals surface area contributed by atoms with Crippen LogP contribution in [0.25, 0.3) is 0 Å². The third kappa shape index (κ3) is 4.85. The largest absolute Gasteiger partial charge is 0.507 e. The number of phenolic OH excluding ortho intramolecular Hbond substituents is 2.